The van der Waals surface area contributed by atoms with Crippen LogP contribution < -0.4 is 9.64 Å². The van der Waals surface area contributed by atoms with Crippen molar-refractivity contribution in [3.63, 3.8) is 0 Å². The summed E-state index contributed by atoms with van der Waals surface area (Å²) in [4.78, 5) is 21.9. The van der Waals surface area contributed by atoms with Crippen molar-refractivity contribution in [1.82, 2.24) is 9.88 Å². The zero-order chi connectivity index (χ0) is 21.5. The maximum Gasteiger partial charge on any atom is 0.289 e. The molecule has 0 atom stereocenters. The van der Waals surface area contributed by atoms with E-state index in [1.165, 1.54) is 16.8 Å². The van der Waals surface area contributed by atoms with Gasteiger partial charge in [0, 0.05) is 48.7 Å². The van der Waals surface area contributed by atoms with Crippen LogP contribution in [0.5, 0.6) is 5.75 Å². The Morgan fingerprint density at radius 1 is 0.968 bits per heavy atom. The van der Waals surface area contributed by atoms with E-state index in [9.17, 15) is 4.79 Å². The number of anilines is 1. The Morgan fingerprint density at radius 3 is 2.55 bits per heavy atom. The maximum absolute atomic E-state index is 13.1. The molecule has 158 valence electrons. The Kier molecular flexibility index (Phi) is 4.77. The summed E-state index contributed by atoms with van der Waals surface area (Å²) in [6.45, 7) is 7.17. The van der Waals surface area contributed by atoms with Crippen molar-refractivity contribution >= 4 is 33.6 Å². The van der Waals surface area contributed by atoms with Crippen molar-refractivity contribution in [3.8, 4) is 5.75 Å². The van der Waals surface area contributed by atoms with E-state index in [0.717, 1.165) is 35.1 Å². The molecule has 0 N–H and O–H groups in total. The molecule has 1 aliphatic rings. The Labute approximate surface area is 181 Å². The number of pyridine rings is 1. The molecule has 0 spiro atoms. The monoisotopic (exact) mass is 415 g/mol. The number of hydrogen-bond acceptors (Lipinski definition) is 5. The predicted molar refractivity (Wildman–Crippen MR) is 122 cm³/mol. The first-order valence-corrected chi connectivity index (χ1v) is 10.5. The molecule has 0 saturated carbocycles. The molecule has 0 unspecified atom stereocenters. The zero-order valence-corrected chi connectivity index (χ0v) is 18.0. The number of rotatable bonds is 3. The number of benzene rings is 2. The van der Waals surface area contributed by atoms with E-state index in [2.05, 4.69) is 41.9 Å². The van der Waals surface area contributed by atoms with Gasteiger partial charge in [0.2, 0.25) is 5.71 Å². The largest absolute Gasteiger partial charge is 0.497 e. The second-order valence-corrected chi connectivity index (χ2v) is 8.12. The Hall–Kier alpha value is -3.54. The van der Waals surface area contributed by atoms with E-state index in [4.69, 9.17) is 9.15 Å². The van der Waals surface area contributed by atoms with Gasteiger partial charge < -0.3 is 19.0 Å². The highest BCUT2D eigenvalue weighted by Gasteiger charge is 2.25. The zero-order valence-electron chi connectivity index (χ0n) is 18.0. The summed E-state index contributed by atoms with van der Waals surface area (Å²) in [6, 6.07) is 16.0. The number of hydrogen-bond donors (Lipinski definition) is 0. The van der Waals surface area contributed by atoms with Crippen LogP contribution in [0.3, 0.4) is 0 Å². The average Bonchev–Trinajstić information content (AvgIpc) is 3.21. The topological polar surface area (TPSA) is 58.8 Å². The number of ether oxygens (including phenoxy) is 1. The molecule has 1 fully saturated rings. The molecule has 5 rings (SSSR count). The van der Waals surface area contributed by atoms with Crippen molar-refractivity contribution in [2.45, 2.75) is 13.8 Å². The van der Waals surface area contributed by atoms with Gasteiger partial charge in [-0.25, -0.2) is 4.98 Å². The highest BCUT2D eigenvalue weighted by Crippen LogP contribution is 2.27. The number of carbonyl (C=O) groups is 1. The SMILES string of the molecule is COc1ccc2cc3cc(C(=O)N4CCN(c5cc(C)ccc5C)CC4)oc3nc2c1. The molecule has 2 aromatic carbocycles. The first-order chi connectivity index (χ1) is 15.0. The molecule has 1 saturated heterocycles. The molecule has 3 heterocycles. The van der Waals surface area contributed by atoms with E-state index in [1.807, 2.05) is 29.2 Å². The summed E-state index contributed by atoms with van der Waals surface area (Å²) in [5.74, 6) is 0.995. The minimum absolute atomic E-state index is 0.0831. The number of fused-ring (bicyclic) bond motifs is 2. The summed E-state index contributed by atoms with van der Waals surface area (Å²) in [5.41, 5.74) is 5.01. The third-order valence-electron chi connectivity index (χ3n) is 5.99. The summed E-state index contributed by atoms with van der Waals surface area (Å²) in [7, 11) is 1.63. The van der Waals surface area contributed by atoms with Crippen LogP contribution in [0.15, 0.2) is 52.9 Å². The lowest BCUT2D eigenvalue weighted by atomic mass is 10.1. The quantitative estimate of drug-likeness (QED) is 0.491. The van der Waals surface area contributed by atoms with Crippen LogP contribution in [0, 0.1) is 13.8 Å². The van der Waals surface area contributed by atoms with Gasteiger partial charge in [-0.3, -0.25) is 4.79 Å². The van der Waals surface area contributed by atoms with Gasteiger partial charge in [-0.1, -0.05) is 12.1 Å². The minimum atomic E-state index is -0.0831. The molecule has 1 amide bonds. The molecule has 6 heteroatoms. The minimum Gasteiger partial charge on any atom is -0.497 e. The lowest BCUT2D eigenvalue weighted by Crippen LogP contribution is -2.49. The Balaban J connectivity index is 1.35. The maximum atomic E-state index is 13.1. The second kappa shape index (κ2) is 7.61. The van der Waals surface area contributed by atoms with Crippen LogP contribution in [-0.4, -0.2) is 49.1 Å². The van der Waals surface area contributed by atoms with Gasteiger partial charge in [0.15, 0.2) is 5.76 Å². The lowest BCUT2D eigenvalue weighted by Gasteiger charge is -2.36. The van der Waals surface area contributed by atoms with Gasteiger partial charge >= 0.3 is 0 Å². The van der Waals surface area contributed by atoms with Crippen molar-refractivity contribution in [3.05, 3.63) is 65.4 Å². The molecule has 2 aromatic heterocycles. The normalized spacial score (nSPS) is 14.4. The smallest absolute Gasteiger partial charge is 0.289 e. The van der Waals surface area contributed by atoms with Crippen molar-refractivity contribution < 1.29 is 13.9 Å². The highest BCUT2D eigenvalue weighted by molar-refractivity contribution is 5.98. The fourth-order valence-corrected chi connectivity index (χ4v) is 4.20. The van der Waals surface area contributed by atoms with E-state index >= 15 is 0 Å². The van der Waals surface area contributed by atoms with Crippen LogP contribution in [0.2, 0.25) is 0 Å². The lowest BCUT2D eigenvalue weighted by molar-refractivity contribution is 0.0717. The number of aryl methyl sites for hydroxylation is 2. The third-order valence-corrected chi connectivity index (χ3v) is 5.99. The number of methoxy groups -OCH3 is 1. The van der Waals surface area contributed by atoms with E-state index in [0.29, 0.717) is 24.6 Å². The number of aromatic nitrogens is 1. The van der Waals surface area contributed by atoms with Gasteiger partial charge in [0.05, 0.1) is 12.6 Å². The van der Waals surface area contributed by atoms with Gasteiger partial charge in [0.25, 0.3) is 5.91 Å². The van der Waals surface area contributed by atoms with Crippen molar-refractivity contribution in [2.24, 2.45) is 0 Å². The number of piperazine rings is 1. The van der Waals surface area contributed by atoms with Crippen LogP contribution in [0.1, 0.15) is 21.7 Å². The van der Waals surface area contributed by atoms with Gasteiger partial charge in [-0.2, -0.15) is 0 Å². The molecule has 1 aliphatic heterocycles. The molecule has 0 radical (unpaired) electrons. The number of furan rings is 1. The van der Waals surface area contributed by atoms with E-state index in [1.54, 1.807) is 13.2 Å². The van der Waals surface area contributed by atoms with E-state index < -0.39 is 0 Å². The van der Waals surface area contributed by atoms with Gasteiger partial charge in [0.1, 0.15) is 5.75 Å². The summed E-state index contributed by atoms with van der Waals surface area (Å²) >= 11 is 0. The summed E-state index contributed by atoms with van der Waals surface area (Å²) in [5, 5.41) is 1.81. The summed E-state index contributed by atoms with van der Waals surface area (Å²) in [6.07, 6.45) is 0. The average molecular weight is 415 g/mol. The fraction of sp³-hybridized carbons (Fsp3) is 0.280. The highest BCUT2D eigenvalue weighted by atomic mass is 16.5. The van der Waals surface area contributed by atoms with Crippen LogP contribution >= 0.6 is 0 Å². The van der Waals surface area contributed by atoms with Gasteiger partial charge in [-0.05, 0) is 55.3 Å². The van der Waals surface area contributed by atoms with Crippen molar-refractivity contribution in [2.75, 3.05) is 38.2 Å². The molecule has 0 aliphatic carbocycles. The first-order valence-electron chi connectivity index (χ1n) is 10.5. The molecular formula is C25H25N3O3. The first kappa shape index (κ1) is 19.4. The second-order valence-electron chi connectivity index (χ2n) is 8.12. The van der Waals surface area contributed by atoms with Crippen LogP contribution in [0.25, 0.3) is 22.0 Å². The molecule has 0 bridgehead atoms. The number of carbonyl (C=O) groups excluding carboxylic acids is 1. The predicted octanol–water partition coefficient (Wildman–Crippen LogP) is 4.57. The Bertz CT molecular complexity index is 1290. The molecule has 31 heavy (non-hydrogen) atoms. The fourth-order valence-electron chi connectivity index (χ4n) is 4.20. The summed E-state index contributed by atoms with van der Waals surface area (Å²) < 4.78 is 11.1. The molecular weight excluding hydrogens is 390 g/mol. The van der Waals surface area contributed by atoms with Gasteiger partial charge in [-0.15, -0.1) is 0 Å². The third kappa shape index (κ3) is 3.58. The number of nitrogens with zero attached hydrogens (tertiary/aromatic N) is 3. The van der Waals surface area contributed by atoms with Crippen LogP contribution in [0.4, 0.5) is 5.69 Å². The molecule has 4 aromatic rings. The van der Waals surface area contributed by atoms with Crippen LogP contribution in [-0.2, 0) is 0 Å². The standard InChI is InChI=1S/C25H25N3O3/c1-16-4-5-17(2)22(12-16)27-8-10-28(11-9-27)25(29)23-14-19-13-18-6-7-20(30-3)15-21(18)26-24(19)31-23/h4-7,12-15H,8-11H2,1-3H3. The Morgan fingerprint density at radius 2 is 1.77 bits per heavy atom. The van der Waals surface area contributed by atoms with Crippen molar-refractivity contribution in [1.29, 1.82) is 0 Å². The molecule has 6 nitrogen and oxygen atoms in total. The number of amides is 1. The van der Waals surface area contributed by atoms with E-state index in [-0.39, 0.29) is 5.91 Å².